The van der Waals surface area contributed by atoms with E-state index in [1.807, 2.05) is 84.3 Å². The highest BCUT2D eigenvalue weighted by atomic mass is 32.2. The number of nitrogens with zero attached hydrogens (tertiary/aromatic N) is 4. The van der Waals surface area contributed by atoms with Gasteiger partial charge in [-0.2, -0.15) is 5.10 Å². The number of rotatable bonds is 11. The molecule has 1 heterocycles. The van der Waals surface area contributed by atoms with Crippen molar-refractivity contribution >= 4 is 23.9 Å². The van der Waals surface area contributed by atoms with Gasteiger partial charge in [-0.25, -0.2) is 5.43 Å². The Hall–Kier alpha value is -4.31. The molecule has 0 aliphatic heterocycles. The maximum Gasteiger partial charge on any atom is 0.250 e. The van der Waals surface area contributed by atoms with E-state index in [4.69, 9.17) is 14.2 Å². The zero-order valence-corrected chi connectivity index (χ0v) is 21.6. The van der Waals surface area contributed by atoms with Crippen LogP contribution in [0, 0.1) is 0 Å². The molecule has 0 radical (unpaired) electrons. The lowest BCUT2D eigenvalue weighted by atomic mass is 10.2. The maximum absolute atomic E-state index is 12.5. The third-order valence-electron chi connectivity index (χ3n) is 5.24. The molecule has 0 aliphatic carbocycles. The summed E-state index contributed by atoms with van der Waals surface area (Å²) in [5.74, 6) is 2.76. The van der Waals surface area contributed by atoms with Crippen LogP contribution in [0.2, 0.25) is 0 Å². The van der Waals surface area contributed by atoms with Gasteiger partial charge >= 0.3 is 0 Å². The third kappa shape index (κ3) is 6.68. The lowest BCUT2D eigenvalue weighted by Gasteiger charge is -2.11. The molecule has 37 heavy (non-hydrogen) atoms. The summed E-state index contributed by atoms with van der Waals surface area (Å²) in [6, 6.07) is 22.6. The number of carbonyl (C=O) groups is 1. The average Bonchev–Trinajstić information content (AvgIpc) is 3.37. The van der Waals surface area contributed by atoms with E-state index in [0.717, 1.165) is 34.1 Å². The molecule has 190 valence electrons. The molecule has 1 aromatic heterocycles. The standard InChI is InChI=1S/C27H27N5O4S/c1-4-36-24-11-5-19(6-12-24)17-28-29-25(33)18-37-27-31-30-26(20-7-13-22(34-2)14-8-20)32(27)21-9-15-23(35-3)16-10-21/h5-17H,4,18H2,1-3H3,(H,29,33)/b28-17-. The molecule has 1 N–H and O–H groups in total. The number of hydrogen-bond acceptors (Lipinski definition) is 8. The lowest BCUT2D eigenvalue weighted by Crippen LogP contribution is -2.20. The van der Waals surface area contributed by atoms with E-state index in [9.17, 15) is 4.79 Å². The van der Waals surface area contributed by atoms with Crippen LogP contribution in [-0.4, -0.2) is 53.5 Å². The van der Waals surface area contributed by atoms with Crippen molar-refractivity contribution in [2.45, 2.75) is 12.1 Å². The van der Waals surface area contributed by atoms with Crippen molar-refractivity contribution in [3.05, 3.63) is 78.4 Å². The van der Waals surface area contributed by atoms with E-state index >= 15 is 0 Å². The van der Waals surface area contributed by atoms with Crippen LogP contribution in [0.3, 0.4) is 0 Å². The molecule has 0 unspecified atom stereocenters. The van der Waals surface area contributed by atoms with Crippen molar-refractivity contribution in [3.8, 4) is 34.3 Å². The Kier molecular flexibility index (Phi) is 8.77. The van der Waals surface area contributed by atoms with E-state index in [-0.39, 0.29) is 11.7 Å². The fraction of sp³-hybridized carbons (Fsp3) is 0.185. The summed E-state index contributed by atoms with van der Waals surface area (Å²) in [5, 5.41) is 13.4. The second-order valence-corrected chi connectivity index (χ2v) is 8.59. The predicted octanol–water partition coefficient (Wildman–Crippen LogP) is 4.59. The van der Waals surface area contributed by atoms with Gasteiger partial charge in [-0.3, -0.25) is 9.36 Å². The summed E-state index contributed by atoms with van der Waals surface area (Å²) in [5.41, 5.74) is 5.11. The molecule has 0 bridgehead atoms. The fourth-order valence-electron chi connectivity index (χ4n) is 3.41. The predicted molar refractivity (Wildman–Crippen MR) is 144 cm³/mol. The highest BCUT2D eigenvalue weighted by Gasteiger charge is 2.17. The fourth-order valence-corrected chi connectivity index (χ4v) is 4.16. The van der Waals surface area contributed by atoms with Gasteiger partial charge in [-0.1, -0.05) is 11.8 Å². The average molecular weight is 518 g/mol. The van der Waals surface area contributed by atoms with E-state index in [0.29, 0.717) is 17.6 Å². The monoisotopic (exact) mass is 517 g/mol. The number of aromatic nitrogens is 3. The second-order valence-electron chi connectivity index (χ2n) is 7.65. The van der Waals surface area contributed by atoms with Crippen molar-refractivity contribution in [2.75, 3.05) is 26.6 Å². The topological polar surface area (TPSA) is 99.9 Å². The minimum Gasteiger partial charge on any atom is -0.497 e. The Morgan fingerprint density at radius 2 is 1.54 bits per heavy atom. The summed E-state index contributed by atoms with van der Waals surface area (Å²) < 4.78 is 17.9. The number of hydrazone groups is 1. The highest BCUT2D eigenvalue weighted by molar-refractivity contribution is 7.99. The maximum atomic E-state index is 12.5. The van der Waals surface area contributed by atoms with Crippen LogP contribution in [0.1, 0.15) is 12.5 Å². The first-order valence-electron chi connectivity index (χ1n) is 11.5. The summed E-state index contributed by atoms with van der Waals surface area (Å²) in [6.07, 6.45) is 1.58. The number of amides is 1. The molecule has 0 fully saturated rings. The Morgan fingerprint density at radius 1 is 0.919 bits per heavy atom. The molecule has 0 saturated carbocycles. The lowest BCUT2D eigenvalue weighted by molar-refractivity contribution is -0.118. The minimum absolute atomic E-state index is 0.109. The quantitative estimate of drug-likeness (QED) is 0.176. The molecule has 1 amide bonds. The van der Waals surface area contributed by atoms with E-state index in [1.165, 1.54) is 11.8 Å². The largest absolute Gasteiger partial charge is 0.497 e. The van der Waals surface area contributed by atoms with Crippen molar-refractivity contribution in [3.63, 3.8) is 0 Å². The summed E-state index contributed by atoms with van der Waals surface area (Å²) in [7, 11) is 3.24. The first kappa shape index (κ1) is 25.8. The van der Waals surface area contributed by atoms with Gasteiger partial charge in [0.1, 0.15) is 17.2 Å². The van der Waals surface area contributed by atoms with Crippen LogP contribution in [-0.2, 0) is 4.79 Å². The molecule has 9 nitrogen and oxygen atoms in total. The van der Waals surface area contributed by atoms with Crippen molar-refractivity contribution in [2.24, 2.45) is 5.10 Å². The van der Waals surface area contributed by atoms with E-state index < -0.39 is 0 Å². The number of hydrogen-bond donors (Lipinski definition) is 1. The summed E-state index contributed by atoms with van der Waals surface area (Å²) in [4.78, 5) is 12.5. The van der Waals surface area contributed by atoms with Crippen LogP contribution >= 0.6 is 11.8 Å². The molecule has 0 spiro atoms. The SMILES string of the molecule is CCOc1ccc(/C=N\NC(=O)CSc2nnc(-c3ccc(OC)cc3)n2-c2ccc(OC)cc2)cc1. The van der Waals surface area contributed by atoms with Crippen LogP contribution in [0.15, 0.2) is 83.1 Å². The highest BCUT2D eigenvalue weighted by Crippen LogP contribution is 2.29. The van der Waals surface area contributed by atoms with Gasteiger partial charge in [0.15, 0.2) is 11.0 Å². The van der Waals surface area contributed by atoms with Gasteiger partial charge in [0.2, 0.25) is 0 Å². The normalized spacial score (nSPS) is 10.9. The Balaban J connectivity index is 1.48. The third-order valence-corrected chi connectivity index (χ3v) is 6.17. The molecule has 0 atom stereocenters. The number of methoxy groups -OCH3 is 2. The molecule has 4 aromatic rings. The van der Waals surface area contributed by atoms with Crippen LogP contribution < -0.4 is 19.6 Å². The first-order chi connectivity index (χ1) is 18.1. The summed E-state index contributed by atoms with van der Waals surface area (Å²) >= 11 is 1.27. The molecule has 4 rings (SSSR count). The smallest absolute Gasteiger partial charge is 0.250 e. The van der Waals surface area contributed by atoms with Gasteiger partial charge in [0, 0.05) is 11.3 Å². The van der Waals surface area contributed by atoms with Crippen LogP contribution in [0.4, 0.5) is 0 Å². The molecular formula is C27H27N5O4S. The first-order valence-corrected chi connectivity index (χ1v) is 12.5. The number of nitrogens with one attached hydrogen (secondary N) is 1. The van der Waals surface area contributed by atoms with Crippen LogP contribution in [0.5, 0.6) is 17.2 Å². The molecular weight excluding hydrogens is 490 g/mol. The Labute approximate surface area is 219 Å². The Bertz CT molecular complexity index is 1340. The van der Waals surface area contributed by atoms with E-state index in [2.05, 4.69) is 20.7 Å². The second kappa shape index (κ2) is 12.6. The zero-order chi connectivity index (χ0) is 26.0. The van der Waals surface area contributed by atoms with Gasteiger partial charge < -0.3 is 14.2 Å². The van der Waals surface area contributed by atoms with Gasteiger partial charge in [-0.15, -0.1) is 10.2 Å². The molecule has 0 aliphatic rings. The van der Waals surface area contributed by atoms with Crippen LogP contribution in [0.25, 0.3) is 17.1 Å². The number of ether oxygens (including phenoxy) is 3. The molecule has 10 heteroatoms. The zero-order valence-electron chi connectivity index (χ0n) is 20.7. The molecule has 0 saturated heterocycles. The van der Waals surface area contributed by atoms with Crippen molar-refractivity contribution in [1.29, 1.82) is 0 Å². The van der Waals surface area contributed by atoms with Crippen molar-refractivity contribution in [1.82, 2.24) is 20.2 Å². The number of thioether (sulfide) groups is 1. The molecule has 3 aromatic carbocycles. The Morgan fingerprint density at radius 3 is 2.16 bits per heavy atom. The van der Waals surface area contributed by atoms with Crippen molar-refractivity contribution < 1.29 is 19.0 Å². The van der Waals surface area contributed by atoms with Gasteiger partial charge in [0.05, 0.1) is 32.8 Å². The van der Waals surface area contributed by atoms with Gasteiger partial charge in [-0.05, 0) is 85.3 Å². The van der Waals surface area contributed by atoms with Gasteiger partial charge in [0.25, 0.3) is 5.91 Å². The number of benzene rings is 3. The van der Waals surface area contributed by atoms with E-state index in [1.54, 1.807) is 20.4 Å². The summed E-state index contributed by atoms with van der Waals surface area (Å²) in [6.45, 7) is 2.54. The minimum atomic E-state index is -0.262. The number of carbonyl (C=O) groups excluding carboxylic acids is 1.